The van der Waals surface area contributed by atoms with E-state index in [0.717, 1.165) is 5.56 Å². The fraction of sp³-hybridized carbons (Fsp3) is 0.278. The summed E-state index contributed by atoms with van der Waals surface area (Å²) >= 11 is 11.8. The van der Waals surface area contributed by atoms with E-state index in [1.807, 2.05) is 18.2 Å². The molecule has 26 heavy (non-hydrogen) atoms. The fourth-order valence-electron chi connectivity index (χ4n) is 2.72. The predicted molar refractivity (Wildman–Crippen MR) is 100 cm³/mol. The van der Waals surface area contributed by atoms with E-state index in [2.05, 4.69) is 10.3 Å². The third-order valence-corrected chi connectivity index (χ3v) is 4.81. The van der Waals surface area contributed by atoms with Gasteiger partial charge in [0.05, 0.1) is 5.56 Å². The zero-order valence-electron chi connectivity index (χ0n) is 14.0. The van der Waals surface area contributed by atoms with Gasteiger partial charge in [-0.1, -0.05) is 41.4 Å². The number of hydrogen-bond acceptors (Lipinski definition) is 3. The van der Waals surface area contributed by atoms with Gasteiger partial charge in [-0.3, -0.25) is 4.79 Å². The first-order valence-corrected chi connectivity index (χ1v) is 8.97. The van der Waals surface area contributed by atoms with Crippen molar-refractivity contribution in [3.8, 4) is 0 Å². The summed E-state index contributed by atoms with van der Waals surface area (Å²) < 4.78 is 0. The van der Waals surface area contributed by atoms with Crippen LogP contribution in [0.2, 0.25) is 10.2 Å². The summed E-state index contributed by atoms with van der Waals surface area (Å²) in [5, 5.41) is 3.84. The second-order valence-corrected chi connectivity index (χ2v) is 6.69. The van der Waals surface area contributed by atoms with Crippen molar-refractivity contribution in [2.24, 2.45) is 0 Å². The average molecular weight is 393 g/mol. The van der Waals surface area contributed by atoms with E-state index in [-0.39, 0.29) is 11.9 Å². The Bertz CT molecular complexity index is 790. The van der Waals surface area contributed by atoms with Crippen molar-refractivity contribution < 1.29 is 9.59 Å². The van der Waals surface area contributed by atoms with Crippen LogP contribution in [0.15, 0.2) is 42.6 Å². The van der Waals surface area contributed by atoms with Crippen LogP contribution in [0.5, 0.6) is 0 Å². The summed E-state index contributed by atoms with van der Waals surface area (Å²) in [6, 6.07) is 10.5. The number of nitrogens with zero attached hydrogens (tertiary/aromatic N) is 3. The van der Waals surface area contributed by atoms with E-state index >= 15 is 0 Å². The van der Waals surface area contributed by atoms with Crippen LogP contribution in [0.25, 0.3) is 0 Å². The molecule has 3 amide bonds. The smallest absolute Gasteiger partial charge is 0.317 e. The van der Waals surface area contributed by atoms with E-state index in [4.69, 9.17) is 23.2 Å². The van der Waals surface area contributed by atoms with Crippen LogP contribution in [0.1, 0.15) is 15.9 Å². The van der Waals surface area contributed by atoms with Crippen molar-refractivity contribution in [1.29, 1.82) is 0 Å². The molecule has 1 aliphatic heterocycles. The molecule has 0 bridgehead atoms. The van der Waals surface area contributed by atoms with E-state index in [0.29, 0.717) is 48.5 Å². The van der Waals surface area contributed by atoms with Gasteiger partial charge >= 0.3 is 6.03 Å². The number of carbonyl (C=O) groups excluding carboxylic acids is 2. The SMILES string of the molecule is O=C(NCc1ccccc1Cl)N1CCN(C(=O)c2ccc(Cl)nc2)CC1. The highest BCUT2D eigenvalue weighted by Gasteiger charge is 2.25. The minimum Gasteiger partial charge on any atom is -0.335 e. The normalized spacial score (nSPS) is 14.2. The Hall–Kier alpha value is -2.31. The number of benzene rings is 1. The number of nitrogens with one attached hydrogen (secondary N) is 1. The van der Waals surface area contributed by atoms with Crippen molar-refractivity contribution in [1.82, 2.24) is 20.1 Å². The van der Waals surface area contributed by atoms with Gasteiger partial charge in [-0.2, -0.15) is 0 Å². The maximum absolute atomic E-state index is 12.4. The molecule has 0 aliphatic carbocycles. The Kier molecular flexibility index (Phi) is 5.96. The summed E-state index contributed by atoms with van der Waals surface area (Å²) in [5.74, 6) is -0.106. The summed E-state index contributed by atoms with van der Waals surface area (Å²) in [5.41, 5.74) is 1.36. The highest BCUT2D eigenvalue weighted by molar-refractivity contribution is 6.31. The first-order valence-electron chi connectivity index (χ1n) is 8.21. The minimum absolute atomic E-state index is 0.106. The molecule has 2 aromatic rings. The molecule has 6 nitrogen and oxygen atoms in total. The molecule has 0 saturated carbocycles. The third kappa shape index (κ3) is 4.45. The standard InChI is InChI=1S/C18H18Cl2N4O2/c19-15-4-2-1-3-13(15)11-22-18(26)24-9-7-23(8-10-24)17(25)14-5-6-16(20)21-12-14/h1-6,12H,7-11H2,(H,22,26). The lowest BCUT2D eigenvalue weighted by atomic mass is 10.2. The number of halogens is 2. The molecule has 1 fully saturated rings. The number of pyridine rings is 1. The van der Waals surface area contributed by atoms with Gasteiger partial charge in [-0.05, 0) is 23.8 Å². The number of rotatable bonds is 3. The van der Waals surface area contributed by atoms with E-state index < -0.39 is 0 Å². The summed E-state index contributed by atoms with van der Waals surface area (Å²) in [6.07, 6.45) is 1.47. The molecule has 0 radical (unpaired) electrons. The van der Waals surface area contributed by atoms with Gasteiger partial charge in [0.2, 0.25) is 0 Å². The lowest BCUT2D eigenvalue weighted by Crippen LogP contribution is -2.53. The Labute approximate surface area is 161 Å². The van der Waals surface area contributed by atoms with E-state index in [1.54, 1.807) is 28.0 Å². The number of aromatic nitrogens is 1. The predicted octanol–water partition coefficient (Wildman–Crippen LogP) is 3.06. The average Bonchev–Trinajstić information content (AvgIpc) is 2.67. The van der Waals surface area contributed by atoms with Gasteiger partial charge in [-0.25, -0.2) is 9.78 Å². The molecule has 1 saturated heterocycles. The molecular weight excluding hydrogens is 375 g/mol. The molecule has 1 N–H and O–H groups in total. The van der Waals surface area contributed by atoms with Crippen molar-refractivity contribution in [3.05, 3.63) is 63.9 Å². The van der Waals surface area contributed by atoms with E-state index in [9.17, 15) is 9.59 Å². The topological polar surface area (TPSA) is 65.5 Å². The summed E-state index contributed by atoms with van der Waals surface area (Å²) in [7, 11) is 0. The van der Waals surface area contributed by atoms with Gasteiger partial charge in [0.25, 0.3) is 5.91 Å². The molecule has 0 unspecified atom stereocenters. The van der Waals surface area contributed by atoms with E-state index in [1.165, 1.54) is 6.20 Å². The summed E-state index contributed by atoms with van der Waals surface area (Å²) in [6.45, 7) is 2.26. The second kappa shape index (κ2) is 8.38. The van der Waals surface area contributed by atoms with Crippen LogP contribution in [-0.2, 0) is 6.54 Å². The van der Waals surface area contributed by atoms with Crippen LogP contribution in [0, 0.1) is 0 Å². The quantitative estimate of drug-likeness (QED) is 0.816. The molecule has 1 aliphatic rings. The summed E-state index contributed by atoms with van der Waals surface area (Å²) in [4.78, 5) is 32.1. The maximum Gasteiger partial charge on any atom is 0.317 e. The van der Waals surface area contributed by atoms with Crippen LogP contribution >= 0.6 is 23.2 Å². The second-order valence-electron chi connectivity index (χ2n) is 5.90. The Balaban J connectivity index is 1.50. The van der Waals surface area contributed by atoms with Gasteiger partial charge in [0.15, 0.2) is 0 Å². The number of piperazine rings is 1. The molecule has 3 rings (SSSR count). The van der Waals surface area contributed by atoms with Crippen molar-refractivity contribution >= 4 is 35.1 Å². The van der Waals surface area contributed by atoms with Gasteiger partial charge in [-0.15, -0.1) is 0 Å². The molecule has 1 aromatic carbocycles. The Morgan fingerprint density at radius 2 is 1.69 bits per heavy atom. The molecule has 2 heterocycles. The van der Waals surface area contributed by atoms with Gasteiger partial charge < -0.3 is 15.1 Å². The lowest BCUT2D eigenvalue weighted by Gasteiger charge is -2.34. The van der Waals surface area contributed by atoms with Crippen LogP contribution in [-0.4, -0.2) is 52.9 Å². The zero-order chi connectivity index (χ0) is 18.5. The highest BCUT2D eigenvalue weighted by Crippen LogP contribution is 2.15. The first-order chi connectivity index (χ1) is 12.5. The first kappa shape index (κ1) is 18.5. The highest BCUT2D eigenvalue weighted by atomic mass is 35.5. The van der Waals surface area contributed by atoms with Gasteiger partial charge in [0.1, 0.15) is 5.15 Å². The Morgan fingerprint density at radius 3 is 2.35 bits per heavy atom. The van der Waals surface area contributed by atoms with Crippen LogP contribution in [0.4, 0.5) is 4.79 Å². The molecule has 0 atom stereocenters. The van der Waals surface area contributed by atoms with Gasteiger partial charge in [0, 0.05) is 43.9 Å². The van der Waals surface area contributed by atoms with Crippen LogP contribution < -0.4 is 5.32 Å². The Morgan fingerprint density at radius 1 is 1.00 bits per heavy atom. The maximum atomic E-state index is 12.4. The largest absolute Gasteiger partial charge is 0.335 e. The lowest BCUT2D eigenvalue weighted by molar-refractivity contribution is 0.0664. The third-order valence-electron chi connectivity index (χ3n) is 4.22. The van der Waals surface area contributed by atoms with Crippen molar-refractivity contribution in [3.63, 3.8) is 0 Å². The molecule has 1 aromatic heterocycles. The molecule has 136 valence electrons. The molecule has 8 heteroatoms. The minimum atomic E-state index is -0.162. The van der Waals surface area contributed by atoms with Crippen molar-refractivity contribution in [2.45, 2.75) is 6.54 Å². The molecular formula is C18H18Cl2N4O2. The number of urea groups is 1. The molecule has 0 spiro atoms. The number of carbonyl (C=O) groups is 2. The number of amides is 3. The van der Waals surface area contributed by atoms with Crippen LogP contribution in [0.3, 0.4) is 0 Å². The van der Waals surface area contributed by atoms with Crippen molar-refractivity contribution in [2.75, 3.05) is 26.2 Å². The number of hydrogen-bond donors (Lipinski definition) is 1. The monoisotopic (exact) mass is 392 g/mol. The fourth-order valence-corrected chi connectivity index (χ4v) is 3.04. The zero-order valence-corrected chi connectivity index (χ0v) is 15.5.